The van der Waals surface area contributed by atoms with Gasteiger partial charge in [0, 0.05) is 10.4 Å². The van der Waals surface area contributed by atoms with Crippen LogP contribution in [0.1, 0.15) is 45.8 Å². The number of nitrogens with zero attached hydrogens (tertiary/aromatic N) is 3. The molecule has 0 radical (unpaired) electrons. The lowest BCUT2D eigenvalue weighted by atomic mass is 9.97. The first kappa shape index (κ1) is 20.7. The Bertz CT molecular complexity index is 756. The van der Waals surface area contributed by atoms with E-state index in [-0.39, 0.29) is 17.9 Å². The summed E-state index contributed by atoms with van der Waals surface area (Å²) in [5.41, 5.74) is 0.330. The van der Waals surface area contributed by atoms with E-state index in [0.717, 1.165) is 13.0 Å². The molecule has 1 aromatic heterocycles. The molecule has 0 spiro atoms. The van der Waals surface area contributed by atoms with E-state index in [1.807, 2.05) is 25.7 Å². The van der Waals surface area contributed by atoms with Crippen LogP contribution >= 0.6 is 23.2 Å². The van der Waals surface area contributed by atoms with Gasteiger partial charge in [0.05, 0.1) is 23.8 Å². The zero-order valence-corrected chi connectivity index (χ0v) is 17.0. The number of hydrogen-bond acceptors (Lipinski definition) is 5. The van der Waals surface area contributed by atoms with Crippen LogP contribution in [0, 0.1) is 0 Å². The molecule has 26 heavy (non-hydrogen) atoms. The van der Waals surface area contributed by atoms with E-state index < -0.39 is 0 Å². The van der Waals surface area contributed by atoms with Gasteiger partial charge in [-0.25, -0.2) is 0 Å². The standard InChI is InChI=1S/C18H24Cl2N4O2/c1-5-8-24(10-15-22-17(26-23-15)18(2,3)4)11-16(25)21-14-7-6-12(19)9-13(14)20/h6-7,9H,5,8,10-11H2,1-4H3,(H,21,25). The monoisotopic (exact) mass is 398 g/mol. The lowest BCUT2D eigenvalue weighted by molar-refractivity contribution is -0.117. The molecule has 6 nitrogen and oxygen atoms in total. The Morgan fingerprint density at radius 1 is 1.31 bits per heavy atom. The van der Waals surface area contributed by atoms with Crippen molar-refractivity contribution in [3.63, 3.8) is 0 Å². The number of aromatic nitrogens is 2. The van der Waals surface area contributed by atoms with Crippen molar-refractivity contribution < 1.29 is 9.32 Å². The molecule has 1 amide bonds. The summed E-state index contributed by atoms with van der Waals surface area (Å²) in [5.74, 6) is 0.990. The van der Waals surface area contributed by atoms with Gasteiger partial charge >= 0.3 is 0 Å². The van der Waals surface area contributed by atoms with E-state index in [0.29, 0.717) is 34.0 Å². The minimum Gasteiger partial charge on any atom is -0.339 e. The first-order chi connectivity index (χ1) is 12.2. The second-order valence-corrected chi connectivity index (χ2v) is 7.99. The van der Waals surface area contributed by atoms with Crippen molar-refractivity contribution in [2.45, 2.75) is 46.1 Å². The zero-order chi connectivity index (χ0) is 19.3. The van der Waals surface area contributed by atoms with E-state index in [9.17, 15) is 4.79 Å². The van der Waals surface area contributed by atoms with Crippen molar-refractivity contribution in [2.75, 3.05) is 18.4 Å². The van der Waals surface area contributed by atoms with Crippen molar-refractivity contribution in [2.24, 2.45) is 0 Å². The van der Waals surface area contributed by atoms with Gasteiger partial charge in [-0.1, -0.05) is 56.1 Å². The maximum absolute atomic E-state index is 12.4. The SMILES string of the molecule is CCCN(CC(=O)Nc1ccc(Cl)cc1Cl)Cc1noc(C(C)(C)C)n1. The second kappa shape index (κ2) is 8.84. The molecule has 142 valence electrons. The highest BCUT2D eigenvalue weighted by Gasteiger charge is 2.23. The van der Waals surface area contributed by atoms with Crippen molar-refractivity contribution in [1.29, 1.82) is 0 Å². The minimum atomic E-state index is -0.205. The smallest absolute Gasteiger partial charge is 0.238 e. The van der Waals surface area contributed by atoms with E-state index in [4.69, 9.17) is 27.7 Å². The molecular weight excluding hydrogens is 375 g/mol. The molecule has 0 aliphatic rings. The van der Waals surface area contributed by atoms with Crippen molar-refractivity contribution in [3.05, 3.63) is 40.0 Å². The van der Waals surface area contributed by atoms with Crippen LogP contribution in [-0.4, -0.2) is 34.0 Å². The number of halogens is 2. The highest BCUT2D eigenvalue weighted by Crippen LogP contribution is 2.25. The summed E-state index contributed by atoms with van der Waals surface area (Å²) in [5, 5.41) is 7.75. The van der Waals surface area contributed by atoms with Gasteiger partial charge in [-0.05, 0) is 31.2 Å². The summed E-state index contributed by atoms with van der Waals surface area (Å²) in [6, 6.07) is 4.96. The molecule has 0 saturated heterocycles. The Balaban J connectivity index is 2.00. The van der Waals surface area contributed by atoms with Crippen LogP contribution in [0.15, 0.2) is 22.7 Å². The molecule has 1 heterocycles. The van der Waals surface area contributed by atoms with Crippen LogP contribution in [-0.2, 0) is 16.8 Å². The first-order valence-corrected chi connectivity index (χ1v) is 9.25. The van der Waals surface area contributed by atoms with Gasteiger partial charge in [-0.2, -0.15) is 4.98 Å². The van der Waals surface area contributed by atoms with Gasteiger partial charge in [0.25, 0.3) is 0 Å². The summed E-state index contributed by atoms with van der Waals surface area (Å²) in [6.07, 6.45) is 0.902. The number of hydrogen-bond donors (Lipinski definition) is 1. The van der Waals surface area contributed by atoms with E-state index in [1.165, 1.54) is 0 Å². The van der Waals surface area contributed by atoms with Crippen molar-refractivity contribution >= 4 is 34.8 Å². The topological polar surface area (TPSA) is 71.3 Å². The Labute approximate surface area is 163 Å². The van der Waals surface area contributed by atoms with Crippen LogP contribution < -0.4 is 5.32 Å². The summed E-state index contributed by atoms with van der Waals surface area (Å²) < 4.78 is 5.32. The molecule has 8 heteroatoms. The quantitative estimate of drug-likeness (QED) is 0.741. The maximum atomic E-state index is 12.4. The molecule has 0 saturated carbocycles. The minimum absolute atomic E-state index is 0.165. The molecule has 0 fully saturated rings. The zero-order valence-electron chi connectivity index (χ0n) is 15.5. The van der Waals surface area contributed by atoms with Gasteiger partial charge in [0.1, 0.15) is 0 Å². The summed E-state index contributed by atoms with van der Waals surface area (Å²) in [6.45, 7) is 9.46. The first-order valence-electron chi connectivity index (χ1n) is 8.49. The normalized spacial score (nSPS) is 11.8. The third kappa shape index (κ3) is 5.97. The fourth-order valence-corrected chi connectivity index (χ4v) is 2.79. The van der Waals surface area contributed by atoms with Crippen LogP contribution in [0.4, 0.5) is 5.69 Å². The summed E-state index contributed by atoms with van der Waals surface area (Å²) in [4.78, 5) is 18.8. The lowest BCUT2D eigenvalue weighted by Crippen LogP contribution is -2.34. The van der Waals surface area contributed by atoms with Crippen LogP contribution in [0.25, 0.3) is 0 Å². The predicted octanol–water partition coefficient (Wildman–Crippen LogP) is 4.52. The Kier molecular flexibility index (Phi) is 7.03. The average Bonchev–Trinajstić information content (AvgIpc) is 2.99. The maximum Gasteiger partial charge on any atom is 0.238 e. The average molecular weight is 399 g/mol. The molecule has 0 atom stereocenters. The van der Waals surface area contributed by atoms with E-state index in [1.54, 1.807) is 18.2 Å². The number of rotatable bonds is 7. The van der Waals surface area contributed by atoms with Gasteiger partial charge in [-0.15, -0.1) is 0 Å². The molecule has 2 aromatic rings. The number of carbonyl (C=O) groups excluding carboxylic acids is 1. The van der Waals surface area contributed by atoms with Crippen molar-refractivity contribution in [1.82, 2.24) is 15.0 Å². The van der Waals surface area contributed by atoms with Gasteiger partial charge in [0.2, 0.25) is 11.8 Å². The highest BCUT2D eigenvalue weighted by molar-refractivity contribution is 6.36. The molecular formula is C18H24Cl2N4O2. The number of anilines is 1. The largest absolute Gasteiger partial charge is 0.339 e. The molecule has 0 bridgehead atoms. The Morgan fingerprint density at radius 2 is 2.04 bits per heavy atom. The number of nitrogens with one attached hydrogen (secondary N) is 1. The Hall–Kier alpha value is -1.63. The predicted molar refractivity (Wildman–Crippen MR) is 104 cm³/mol. The van der Waals surface area contributed by atoms with E-state index in [2.05, 4.69) is 22.4 Å². The molecule has 1 N–H and O–H groups in total. The molecule has 0 aliphatic carbocycles. The Morgan fingerprint density at radius 3 is 2.62 bits per heavy atom. The number of amides is 1. The molecule has 2 rings (SSSR count). The molecule has 0 aliphatic heterocycles. The van der Waals surface area contributed by atoms with Crippen LogP contribution in [0.3, 0.4) is 0 Å². The molecule has 0 unspecified atom stereocenters. The third-order valence-corrected chi connectivity index (χ3v) is 4.13. The van der Waals surface area contributed by atoms with Crippen molar-refractivity contribution in [3.8, 4) is 0 Å². The van der Waals surface area contributed by atoms with E-state index >= 15 is 0 Å². The van der Waals surface area contributed by atoms with Crippen LogP contribution in [0.2, 0.25) is 10.0 Å². The highest BCUT2D eigenvalue weighted by atomic mass is 35.5. The lowest BCUT2D eigenvalue weighted by Gasteiger charge is -2.19. The molecule has 1 aromatic carbocycles. The fraction of sp³-hybridized carbons (Fsp3) is 0.500. The second-order valence-electron chi connectivity index (χ2n) is 7.15. The van der Waals surface area contributed by atoms with Gasteiger partial charge in [0.15, 0.2) is 5.82 Å². The number of carbonyl (C=O) groups is 1. The fourth-order valence-electron chi connectivity index (χ4n) is 2.34. The summed E-state index contributed by atoms with van der Waals surface area (Å²) in [7, 11) is 0. The number of benzene rings is 1. The van der Waals surface area contributed by atoms with Gasteiger partial charge < -0.3 is 9.84 Å². The third-order valence-electron chi connectivity index (χ3n) is 3.59. The van der Waals surface area contributed by atoms with Gasteiger partial charge in [-0.3, -0.25) is 9.69 Å². The summed E-state index contributed by atoms with van der Waals surface area (Å²) >= 11 is 12.0. The van der Waals surface area contributed by atoms with Crippen LogP contribution in [0.5, 0.6) is 0 Å².